The van der Waals surface area contributed by atoms with E-state index in [0.29, 0.717) is 12.1 Å². The van der Waals surface area contributed by atoms with Crippen LogP contribution in [0.15, 0.2) is 53.7 Å². The Morgan fingerprint density at radius 1 is 1.09 bits per heavy atom. The molecule has 0 unspecified atom stereocenters. The molecular formula is C15H13F2N3O2S. The van der Waals surface area contributed by atoms with Crippen molar-refractivity contribution in [2.24, 2.45) is 0 Å². The second-order valence-electron chi connectivity index (χ2n) is 4.90. The maximum absolute atomic E-state index is 13.6. The predicted octanol–water partition coefficient (Wildman–Crippen LogP) is 2.13. The lowest BCUT2D eigenvalue weighted by Crippen LogP contribution is -2.27. The van der Waals surface area contributed by atoms with E-state index in [9.17, 15) is 17.2 Å². The van der Waals surface area contributed by atoms with E-state index in [1.54, 1.807) is 10.6 Å². The standard InChI is InChI=1S/C15H13F2N3O2S/c16-12-4-3-5-13(17)15(12)23(21,22)18-8-7-11-10-20-9-2-1-6-14(20)19-11/h1-6,9-10,18H,7-8H2. The molecule has 0 saturated carbocycles. The fourth-order valence-corrected chi connectivity index (χ4v) is 3.40. The first-order valence-corrected chi connectivity index (χ1v) is 8.32. The SMILES string of the molecule is O=S(=O)(NCCc1cn2ccccc2n1)c1c(F)cccc1F. The first kappa shape index (κ1) is 15.6. The fraction of sp³-hybridized carbons (Fsp3) is 0.133. The highest BCUT2D eigenvalue weighted by atomic mass is 32.2. The third-order valence-electron chi connectivity index (χ3n) is 3.27. The second kappa shape index (κ2) is 6.05. The van der Waals surface area contributed by atoms with E-state index in [1.807, 2.05) is 24.4 Å². The maximum atomic E-state index is 13.6. The molecule has 0 saturated heterocycles. The van der Waals surface area contributed by atoms with Crippen molar-refractivity contribution in [3.63, 3.8) is 0 Å². The molecule has 120 valence electrons. The number of nitrogens with zero attached hydrogens (tertiary/aromatic N) is 2. The summed E-state index contributed by atoms with van der Waals surface area (Å²) in [5.41, 5.74) is 1.42. The number of aromatic nitrogens is 2. The van der Waals surface area contributed by atoms with Gasteiger partial charge in [0.25, 0.3) is 0 Å². The highest BCUT2D eigenvalue weighted by Crippen LogP contribution is 2.17. The summed E-state index contributed by atoms with van der Waals surface area (Å²) in [6, 6.07) is 8.43. The first-order valence-electron chi connectivity index (χ1n) is 6.84. The summed E-state index contributed by atoms with van der Waals surface area (Å²) in [6.07, 6.45) is 3.90. The van der Waals surface area contributed by atoms with E-state index in [4.69, 9.17) is 0 Å². The number of rotatable bonds is 5. The molecule has 1 aromatic carbocycles. The summed E-state index contributed by atoms with van der Waals surface area (Å²) in [7, 11) is -4.26. The Kier molecular flexibility index (Phi) is 4.10. The zero-order valence-corrected chi connectivity index (χ0v) is 12.7. The molecule has 0 aliphatic carbocycles. The van der Waals surface area contributed by atoms with Crippen molar-refractivity contribution >= 4 is 15.7 Å². The molecule has 5 nitrogen and oxygen atoms in total. The van der Waals surface area contributed by atoms with Crippen LogP contribution in [0.25, 0.3) is 5.65 Å². The molecule has 0 amide bonds. The quantitative estimate of drug-likeness (QED) is 0.776. The van der Waals surface area contributed by atoms with Gasteiger partial charge in [0, 0.05) is 25.4 Å². The van der Waals surface area contributed by atoms with Gasteiger partial charge >= 0.3 is 0 Å². The molecule has 1 N–H and O–H groups in total. The van der Waals surface area contributed by atoms with E-state index in [1.165, 1.54) is 0 Å². The van der Waals surface area contributed by atoms with E-state index < -0.39 is 26.6 Å². The summed E-state index contributed by atoms with van der Waals surface area (Å²) < 4.78 is 55.2. The van der Waals surface area contributed by atoms with Gasteiger partial charge in [0.1, 0.15) is 17.3 Å². The maximum Gasteiger partial charge on any atom is 0.246 e. The minimum Gasteiger partial charge on any atom is -0.307 e. The van der Waals surface area contributed by atoms with Gasteiger partial charge in [-0.25, -0.2) is 26.9 Å². The van der Waals surface area contributed by atoms with Crippen LogP contribution in [0.1, 0.15) is 5.69 Å². The molecule has 0 spiro atoms. The Morgan fingerprint density at radius 2 is 1.83 bits per heavy atom. The lowest BCUT2D eigenvalue weighted by molar-refractivity contribution is 0.514. The molecule has 2 heterocycles. The summed E-state index contributed by atoms with van der Waals surface area (Å²) in [6.45, 7) is -0.0139. The van der Waals surface area contributed by atoms with Crippen LogP contribution in [-0.4, -0.2) is 24.3 Å². The molecule has 2 aromatic heterocycles. The van der Waals surface area contributed by atoms with Crippen LogP contribution in [0, 0.1) is 11.6 Å². The van der Waals surface area contributed by atoms with Crippen molar-refractivity contribution < 1.29 is 17.2 Å². The molecular weight excluding hydrogens is 324 g/mol. The normalized spacial score (nSPS) is 11.9. The van der Waals surface area contributed by atoms with Gasteiger partial charge in [-0.3, -0.25) is 0 Å². The van der Waals surface area contributed by atoms with Crippen molar-refractivity contribution in [1.29, 1.82) is 0 Å². The topological polar surface area (TPSA) is 63.5 Å². The third-order valence-corrected chi connectivity index (χ3v) is 4.79. The van der Waals surface area contributed by atoms with Gasteiger partial charge in [-0.15, -0.1) is 0 Å². The Labute approximate surface area is 131 Å². The largest absolute Gasteiger partial charge is 0.307 e. The average molecular weight is 337 g/mol. The van der Waals surface area contributed by atoms with Crippen LogP contribution in [0.3, 0.4) is 0 Å². The fourth-order valence-electron chi connectivity index (χ4n) is 2.23. The van der Waals surface area contributed by atoms with E-state index >= 15 is 0 Å². The number of benzene rings is 1. The van der Waals surface area contributed by atoms with Gasteiger partial charge in [0.15, 0.2) is 4.90 Å². The molecule has 0 bridgehead atoms. The van der Waals surface area contributed by atoms with Gasteiger partial charge in [0.05, 0.1) is 5.69 Å². The number of pyridine rings is 1. The van der Waals surface area contributed by atoms with Crippen LogP contribution in [0.2, 0.25) is 0 Å². The Hall–Kier alpha value is -2.32. The molecule has 0 aliphatic rings. The third kappa shape index (κ3) is 3.22. The number of halogens is 2. The molecule has 0 fully saturated rings. The van der Waals surface area contributed by atoms with Gasteiger partial charge in [0.2, 0.25) is 10.0 Å². The smallest absolute Gasteiger partial charge is 0.246 e. The zero-order chi connectivity index (χ0) is 16.4. The lowest BCUT2D eigenvalue weighted by Gasteiger charge is -2.07. The summed E-state index contributed by atoms with van der Waals surface area (Å²) in [5, 5.41) is 0. The molecule has 3 rings (SSSR count). The minimum absolute atomic E-state index is 0.0139. The van der Waals surface area contributed by atoms with Crippen molar-refractivity contribution in [2.45, 2.75) is 11.3 Å². The Balaban J connectivity index is 1.72. The van der Waals surface area contributed by atoms with Crippen molar-refractivity contribution in [2.75, 3.05) is 6.54 Å². The number of nitrogens with one attached hydrogen (secondary N) is 1. The highest BCUT2D eigenvalue weighted by Gasteiger charge is 2.23. The first-order chi connectivity index (χ1) is 11.0. The summed E-state index contributed by atoms with van der Waals surface area (Å²) in [4.78, 5) is 3.36. The monoisotopic (exact) mass is 337 g/mol. The van der Waals surface area contributed by atoms with Crippen LogP contribution in [0.4, 0.5) is 8.78 Å². The van der Waals surface area contributed by atoms with Crippen LogP contribution >= 0.6 is 0 Å². The van der Waals surface area contributed by atoms with Gasteiger partial charge in [-0.1, -0.05) is 12.1 Å². The van der Waals surface area contributed by atoms with E-state index in [0.717, 1.165) is 23.8 Å². The average Bonchev–Trinajstić information content (AvgIpc) is 2.89. The number of hydrogen-bond donors (Lipinski definition) is 1. The molecule has 23 heavy (non-hydrogen) atoms. The van der Waals surface area contributed by atoms with Crippen molar-refractivity contribution in [3.8, 4) is 0 Å². The van der Waals surface area contributed by atoms with Crippen LogP contribution in [0.5, 0.6) is 0 Å². The number of fused-ring (bicyclic) bond motifs is 1. The summed E-state index contributed by atoms with van der Waals surface area (Å²) in [5.74, 6) is -2.24. The Bertz CT molecular complexity index is 901. The zero-order valence-electron chi connectivity index (χ0n) is 11.9. The summed E-state index contributed by atoms with van der Waals surface area (Å²) >= 11 is 0. The van der Waals surface area contributed by atoms with Crippen molar-refractivity contribution in [3.05, 3.63) is 66.1 Å². The predicted molar refractivity (Wildman–Crippen MR) is 80.4 cm³/mol. The van der Waals surface area contributed by atoms with Crippen LogP contribution < -0.4 is 4.72 Å². The highest BCUT2D eigenvalue weighted by molar-refractivity contribution is 7.89. The molecule has 0 aliphatic heterocycles. The number of hydrogen-bond acceptors (Lipinski definition) is 3. The second-order valence-corrected chi connectivity index (χ2v) is 6.60. The number of imidazole rings is 1. The lowest BCUT2D eigenvalue weighted by atomic mass is 10.3. The van der Waals surface area contributed by atoms with E-state index in [-0.39, 0.29) is 6.54 Å². The molecule has 8 heteroatoms. The van der Waals surface area contributed by atoms with Gasteiger partial charge < -0.3 is 4.40 Å². The molecule has 0 radical (unpaired) electrons. The molecule has 0 atom stereocenters. The van der Waals surface area contributed by atoms with Gasteiger partial charge in [-0.05, 0) is 24.3 Å². The van der Waals surface area contributed by atoms with Crippen LogP contribution in [-0.2, 0) is 16.4 Å². The van der Waals surface area contributed by atoms with E-state index in [2.05, 4.69) is 9.71 Å². The van der Waals surface area contributed by atoms with Gasteiger partial charge in [-0.2, -0.15) is 0 Å². The van der Waals surface area contributed by atoms with Crippen molar-refractivity contribution in [1.82, 2.24) is 14.1 Å². The molecule has 3 aromatic rings. The Morgan fingerprint density at radius 3 is 2.52 bits per heavy atom. The minimum atomic E-state index is -4.26. The number of sulfonamides is 1.